The van der Waals surface area contributed by atoms with Crippen LogP contribution in [0.15, 0.2) is 66.8 Å². The van der Waals surface area contributed by atoms with E-state index in [2.05, 4.69) is 28.8 Å². The molecule has 0 bridgehead atoms. The highest BCUT2D eigenvalue weighted by Crippen LogP contribution is 2.32. The van der Waals surface area contributed by atoms with Gasteiger partial charge in [-0.15, -0.1) is 0 Å². The summed E-state index contributed by atoms with van der Waals surface area (Å²) >= 11 is 0. The first-order chi connectivity index (χ1) is 10.3. The van der Waals surface area contributed by atoms with Crippen LogP contribution in [0.2, 0.25) is 0 Å². The zero-order valence-corrected chi connectivity index (χ0v) is 11.3. The molecule has 0 unspecified atom stereocenters. The molecule has 0 spiro atoms. The van der Waals surface area contributed by atoms with Gasteiger partial charge in [-0.3, -0.25) is 10.8 Å². The fourth-order valence-corrected chi connectivity index (χ4v) is 2.87. The monoisotopic (exact) mass is 271 g/mol. The van der Waals surface area contributed by atoms with Gasteiger partial charge in [-0.1, -0.05) is 36.4 Å². The molecule has 3 aromatic rings. The smallest absolute Gasteiger partial charge is 0.0810 e. The van der Waals surface area contributed by atoms with Gasteiger partial charge in [0.15, 0.2) is 0 Å². The molecule has 0 saturated heterocycles. The van der Waals surface area contributed by atoms with Crippen LogP contribution in [-0.4, -0.2) is 16.0 Å². The Hall–Kier alpha value is -2.94. The van der Waals surface area contributed by atoms with Gasteiger partial charge in [-0.2, -0.15) is 0 Å². The Kier molecular flexibility index (Phi) is 2.42. The van der Waals surface area contributed by atoms with Crippen molar-refractivity contribution in [1.82, 2.24) is 4.57 Å². The highest BCUT2D eigenvalue weighted by Gasteiger charge is 2.14. The van der Waals surface area contributed by atoms with E-state index in [0.29, 0.717) is 0 Å². The van der Waals surface area contributed by atoms with Crippen molar-refractivity contribution >= 4 is 38.9 Å². The van der Waals surface area contributed by atoms with Crippen molar-refractivity contribution in [3.63, 3.8) is 0 Å². The third kappa shape index (κ3) is 1.68. The standard InChI is InChI=1S/C18H13N3/c19-15-10-9-12(11-16(15)20)21-17-7-3-1-5-13(17)14-6-2-4-8-18(14)21/h1-11,19-20H. The number of rotatable bonds is 1. The molecule has 1 aromatic heterocycles. The highest BCUT2D eigenvalue weighted by molar-refractivity contribution is 6.50. The molecule has 0 aliphatic heterocycles. The molecule has 0 fully saturated rings. The van der Waals surface area contributed by atoms with Gasteiger partial charge < -0.3 is 4.57 Å². The number of nitrogens with zero attached hydrogens (tertiary/aromatic N) is 1. The molecular weight excluding hydrogens is 258 g/mol. The summed E-state index contributed by atoms with van der Waals surface area (Å²) in [5, 5.41) is 18.0. The summed E-state index contributed by atoms with van der Waals surface area (Å²) < 4.78 is 2.15. The van der Waals surface area contributed by atoms with Crippen molar-refractivity contribution in [2.75, 3.05) is 0 Å². The van der Waals surface area contributed by atoms with Gasteiger partial charge in [0.05, 0.1) is 22.5 Å². The molecule has 0 atom stereocenters. The lowest BCUT2D eigenvalue weighted by Crippen LogP contribution is -2.12. The first-order valence-electron chi connectivity index (χ1n) is 6.81. The number of allylic oxidation sites excluding steroid dienone is 4. The minimum absolute atomic E-state index is 0.245. The van der Waals surface area contributed by atoms with Gasteiger partial charge in [0.2, 0.25) is 0 Å². The van der Waals surface area contributed by atoms with Crippen LogP contribution in [0.4, 0.5) is 0 Å². The Bertz CT molecular complexity index is 917. The Morgan fingerprint density at radius 1 is 0.667 bits per heavy atom. The van der Waals surface area contributed by atoms with Crippen LogP contribution >= 0.6 is 0 Å². The van der Waals surface area contributed by atoms with E-state index in [1.54, 1.807) is 12.2 Å². The van der Waals surface area contributed by atoms with Crippen LogP contribution in [0.25, 0.3) is 27.5 Å². The molecule has 100 valence electrons. The van der Waals surface area contributed by atoms with Crippen LogP contribution < -0.4 is 0 Å². The summed E-state index contributed by atoms with van der Waals surface area (Å²) in [7, 11) is 0. The van der Waals surface area contributed by atoms with Gasteiger partial charge in [0, 0.05) is 16.5 Å². The lowest BCUT2D eigenvalue weighted by Gasteiger charge is -2.12. The second-order valence-electron chi connectivity index (χ2n) is 5.10. The van der Waals surface area contributed by atoms with E-state index in [1.807, 2.05) is 30.3 Å². The number of nitrogens with one attached hydrogen (secondary N) is 2. The average molecular weight is 271 g/mol. The number of hydrogen-bond donors (Lipinski definition) is 2. The molecule has 0 radical (unpaired) electrons. The van der Waals surface area contributed by atoms with E-state index in [-0.39, 0.29) is 11.4 Å². The summed E-state index contributed by atoms with van der Waals surface area (Å²) in [5.74, 6) is 0. The predicted octanol–water partition coefficient (Wildman–Crippen LogP) is 4.24. The average Bonchev–Trinajstić information content (AvgIpc) is 2.85. The quantitative estimate of drug-likeness (QED) is 0.622. The molecule has 4 rings (SSSR count). The molecule has 2 N–H and O–H groups in total. The van der Waals surface area contributed by atoms with Crippen LogP contribution in [0, 0.1) is 10.8 Å². The van der Waals surface area contributed by atoms with E-state index in [4.69, 9.17) is 10.8 Å². The van der Waals surface area contributed by atoms with Crippen molar-refractivity contribution < 1.29 is 0 Å². The molecule has 0 amide bonds. The topological polar surface area (TPSA) is 52.6 Å². The summed E-state index contributed by atoms with van der Waals surface area (Å²) in [6.45, 7) is 0. The molecule has 21 heavy (non-hydrogen) atoms. The van der Waals surface area contributed by atoms with Gasteiger partial charge in [0.1, 0.15) is 0 Å². The van der Waals surface area contributed by atoms with Crippen molar-refractivity contribution in [3.05, 3.63) is 66.8 Å². The van der Waals surface area contributed by atoms with E-state index < -0.39 is 0 Å². The molecule has 3 heteroatoms. The fourth-order valence-electron chi connectivity index (χ4n) is 2.87. The summed E-state index contributed by atoms with van der Waals surface area (Å²) in [4.78, 5) is 0. The van der Waals surface area contributed by atoms with Gasteiger partial charge in [-0.25, -0.2) is 0 Å². The lowest BCUT2D eigenvalue weighted by atomic mass is 10.1. The number of aromatic nitrogens is 1. The van der Waals surface area contributed by atoms with E-state index in [0.717, 1.165) is 16.7 Å². The van der Waals surface area contributed by atoms with Gasteiger partial charge >= 0.3 is 0 Å². The first kappa shape index (κ1) is 11.9. The van der Waals surface area contributed by atoms with Crippen LogP contribution in [-0.2, 0) is 0 Å². The van der Waals surface area contributed by atoms with Gasteiger partial charge in [0.25, 0.3) is 0 Å². The minimum Gasteiger partial charge on any atom is -0.309 e. The molecule has 2 aromatic carbocycles. The van der Waals surface area contributed by atoms with E-state index >= 15 is 0 Å². The predicted molar refractivity (Wildman–Crippen MR) is 88.3 cm³/mol. The van der Waals surface area contributed by atoms with Crippen molar-refractivity contribution in [2.24, 2.45) is 0 Å². The Morgan fingerprint density at radius 2 is 1.24 bits per heavy atom. The fraction of sp³-hybridized carbons (Fsp3) is 0. The third-order valence-corrected chi connectivity index (χ3v) is 3.84. The minimum atomic E-state index is 0.245. The van der Waals surface area contributed by atoms with Crippen molar-refractivity contribution in [1.29, 1.82) is 10.8 Å². The molecule has 1 heterocycles. The van der Waals surface area contributed by atoms with E-state index in [1.165, 1.54) is 10.8 Å². The molecule has 1 aliphatic rings. The molecule has 0 saturated carbocycles. The molecule has 3 nitrogen and oxygen atoms in total. The number of benzene rings is 2. The number of para-hydroxylation sites is 2. The van der Waals surface area contributed by atoms with Crippen LogP contribution in [0.3, 0.4) is 0 Å². The van der Waals surface area contributed by atoms with Crippen LogP contribution in [0.5, 0.6) is 0 Å². The van der Waals surface area contributed by atoms with Crippen molar-refractivity contribution in [3.8, 4) is 0 Å². The molecule has 1 aliphatic carbocycles. The summed E-state index contributed by atoms with van der Waals surface area (Å²) in [6.07, 6.45) is 5.34. The third-order valence-electron chi connectivity index (χ3n) is 3.84. The lowest BCUT2D eigenvalue weighted by molar-refractivity contribution is 1.24. The normalized spacial score (nSPS) is 15.0. The zero-order chi connectivity index (χ0) is 14.4. The summed E-state index contributed by atoms with van der Waals surface area (Å²) in [6, 6.07) is 16.6. The number of hydrogen-bond acceptors (Lipinski definition) is 2. The zero-order valence-electron chi connectivity index (χ0n) is 11.3. The largest absolute Gasteiger partial charge is 0.309 e. The summed E-state index contributed by atoms with van der Waals surface area (Å²) in [5.41, 5.74) is 3.66. The maximum absolute atomic E-state index is 7.88. The second-order valence-corrected chi connectivity index (χ2v) is 5.10. The Morgan fingerprint density at radius 3 is 1.81 bits per heavy atom. The van der Waals surface area contributed by atoms with Gasteiger partial charge in [-0.05, 0) is 30.4 Å². The number of fused-ring (bicyclic) bond motifs is 3. The first-order valence-corrected chi connectivity index (χ1v) is 6.81. The van der Waals surface area contributed by atoms with Crippen molar-refractivity contribution in [2.45, 2.75) is 0 Å². The second kappa shape index (κ2) is 4.28. The maximum Gasteiger partial charge on any atom is 0.0810 e. The van der Waals surface area contributed by atoms with Crippen LogP contribution in [0.1, 0.15) is 0 Å². The highest BCUT2D eigenvalue weighted by atomic mass is 15.0. The Balaban J connectivity index is 2.12. The SMILES string of the molecule is N=C1C=CC(n2c3ccccc3c3ccccc32)=CC1=N. The maximum atomic E-state index is 7.88. The Labute approximate surface area is 121 Å². The molecular formula is C18H13N3. The van der Waals surface area contributed by atoms with E-state index in [9.17, 15) is 0 Å².